The van der Waals surface area contributed by atoms with Gasteiger partial charge in [-0.2, -0.15) is 0 Å². The summed E-state index contributed by atoms with van der Waals surface area (Å²) >= 11 is 5.69. The number of aryl methyl sites for hydroxylation is 1. The standard InChI is InChI=1S/C8H8Cl.Zn/c1-6-3-4-8(9)5-7(6)2;/h3-5H,1H2,2H3;. The molecule has 1 aromatic rings. The van der Waals surface area contributed by atoms with Crippen molar-refractivity contribution >= 4 is 11.6 Å². The van der Waals surface area contributed by atoms with Crippen LogP contribution in [-0.4, -0.2) is 0 Å². The van der Waals surface area contributed by atoms with E-state index in [1.807, 2.05) is 25.1 Å². The van der Waals surface area contributed by atoms with Crippen LogP contribution in [0.3, 0.4) is 0 Å². The van der Waals surface area contributed by atoms with E-state index >= 15 is 0 Å². The van der Waals surface area contributed by atoms with Gasteiger partial charge in [-0.25, -0.2) is 0 Å². The molecule has 0 fully saturated rings. The molecule has 10 heavy (non-hydrogen) atoms. The summed E-state index contributed by atoms with van der Waals surface area (Å²) in [5, 5.41) is 0.778. The Labute approximate surface area is 79.3 Å². The van der Waals surface area contributed by atoms with Gasteiger partial charge in [-0.05, 0) is 37.1 Å². The van der Waals surface area contributed by atoms with Gasteiger partial charge < -0.3 is 0 Å². The molecular formula is C8H8ClZn. The maximum absolute atomic E-state index is 5.69. The molecule has 0 heterocycles. The quantitative estimate of drug-likeness (QED) is 0.571. The molecule has 0 aromatic heterocycles. The largest absolute Gasteiger partial charge is 0.0843 e. The van der Waals surface area contributed by atoms with Crippen LogP contribution in [0.25, 0.3) is 0 Å². The summed E-state index contributed by atoms with van der Waals surface area (Å²) in [6.07, 6.45) is 0. The van der Waals surface area contributed by atoms with E-state index in [-0.39, 0.29) is 19.5 Å². The Balaban J connectivity index is 0.000000810. The minimum absolute atomic E-state index is 0. The second-order valence-corrected chi connectivity index (χ2v) is 2.51. The Morgan fingerprint density at radius 1 is 1.40 bits per heavy atom. The van der Waals surface area contributed by atoms with E-state index in [0.29, 0.717) is 0 Å². The van der Waals surface area contributed by atoms with Crippen LogP contribution < -0.4 is 0 Å². The number of rotatable bonds is 0. The molecule has 0 nitrogen and oxygen atoms in total. The Bertz CT molecular complexity index is 220. The van der Waals surface area contributed by atoms with Crippen molar-refractivity contribution in [3.05, 3.63) is 41.3 Å². The third-order valence-corrected chi connectivity index (χ3v) is 1.54. The van der Waals surface area contributed by atoms with Crippen molar-refractivity contribution in [2.24, 2.45) is 0 Å². The minimum Gasteiger partial charge on any atom is -0.0843 e. The zero-order chi connectivity index (χ0) is 6.85. The van der Waals surface area contributed by atoms with Crippen molar-refractivity contribution in [1.82, 2.24) is 0 Å². The van der Waals surface area contributed by atoms with Crippen molar-refractivity contribution in [3.8, 4) is 0 Å². The zero-order valence-corrected chi connectivity index (χ0v) is 9.75. The predicted octanol–water partition coefficient (Wildman–Crippen LogP) is 2.83. The molecule has 0 N–H and O–H groups in total. The van der Waals surface area contributed by atoms with Gasteiger partial charge in [0.25, 0.3) is 0 Å². The summed E-state index contributed by atoms with van der Waals surface area (Å²) in [6, 6.07) is 5.67. The summed E-state index contributed by atoms with van der Waals surface area (Å²) < 4.78 is 0. The van der Waals surface area contributed by atoms with Gasteiger partial charge in [-0.15, -0.1) is 0 Å². The van der Waals surface area contributed by atoms with Crippen LogP contribution in [0, 0.1) is 13.8 Å². The van der Waals surface area contributed by atoms with Gasteiger partial charge in [0.1, 0.15) is 0 Å². The van der Waals surface area contributed by atoms with Crippen LogP contribution in [-0.2, 0) is 19.5 Å². The van der Waals surface area contributed by atoms with E-state index in [1.54, 1.807) is 0 Å². The second-order valence-electron chi connectivity index (χ2n) is 2.07. The molecule has 0 spiro atoms. The summed E-state index contributed by atoms with van der Waals surface area (Å²) in [7, 11) is 0. The van der Waals surface area contributed by atoms with Gasteiger partial charge in [0, 0.05) is 24.5 Å². The van der Waals surface area contributed by atoms with Gasteiger partial charge in [0.2, 0.25) is 0 Å². The van der Waals surface area contributed by atoms with Crippen LogP contribution in [0.5, 0.6) is 0 Å². The fraction of sp³-hybridized carbons (Fsp3) is 0.125. The molecule has 0 aliphatic carbocycles. The molecule has 0 atom stereocenters. The van der Waals surface area contributed by atoms with E-state index in [4.69, 9.17) is 11.6 Å². The molecule has 0 saturated carbocycles. The summed E-state index contributed by atoms with van der Waals surface area (Å²) in [5.41, 5.74) is 2.18. The maximum atomic E-state index is 5.69. The van der Waals surface area contributed by atoms with Crippen LogP contribution in [0.2, 0.25) is 5.02 Å². The fourth-order valence-electron chi connectivity index (χ4n) is 0.659. The zero-order valence-electron chi connectivity index (χ0n) is 6.02. The van der Waals surface area contributed by atoms with Gasteiger partial charge in [0.15, 0.2) is 0 Å². The molecule has 2 heteroatoms. The SMILES string of the molecule is [CH2]c1ccc(Cl)cc1C.[Zn]. The van der Waals surface area contributed by atoms with Crippen LogP contribution in [0.1, 0.15) is 11.1 Å². The van der Waals surface area contributed by atoms with Crippen LogP contribution >= 0.6 is 11.6 Å². The van der Waals surface area contributed by atoms with Gasteiger partial charge in [0.05, 0.1) is 0 Å². The fourth-order valence-corrected chi connectivity index (χ4v) is 0.886. The summed E-state index contributed by atoms with van der Waals surface area (Å²) in [6.45, 7) is 5.80. The molecular weight excluding hydrogens is 197 g/mol. The van der Waals surface area contributed by atoms with Gasteiger partial charge in [-0.1, -0.05) is 17.7 Å². The average molecular weight is 205 g/mol. The van der Waals surface area contributed by atoms with Gasteiger partial charge in [-0.3, -0.25) is 0 Å². The third-order valence-electron chi connectivity index (χ3n) is 1.30. The first-order valence-corrected chi connectivity index (χ1v) is 3.16. The molecule has 0 aliphatic heterocycles. The molecule has 1 radical (unpaired) electrons. The van der Waals surface area contributed by atoms with Crippen molar-refractivity contribution < 1.29 is 19.5 Å². The maximum Gasteiger partial charge on any atom is 0.0408 e. The third kappa shape index (κ3) is 2.40. The van der Waals surface area contributed by atoms with Crippen LogP contribution in [0.4, 0.5) is 0 Å². The van der Waals surface area contributed by atoms with Gasteiger partial charge >= 0.3 is 0 Å². The topological polar surface area (TPSA) is 0 Å². The molecule has 0 amide bonds. The van der Waals surface area contributed by atoms with Crippen molar-refractivity contribution in [3.63, 3.8) is 0 Å². The normalized spacial score (nSPS) is 8.70. The molecule has 0 aliphatic rings. The van der Waals surface area contributed by atoms with Crippen molar-refractivity contribution in [2.75, 3.05) is 0 Å². The molecule has 0 bridgehead atoms. The van der Waals surface area contributed by atoms with E-state index in [9.17, 15) is 0 Å². The predicted molar refractivity (Wildman–Crippen MR) is 40.6 cm³/mol. The monoisotopic (exact) mass is 203 g/mol. The first-order valence-electron chi connectivity index (χ1n) is 2.78. The number of halogens is 1. The summed E-state index contributed by atoms with van der Waals surface area (Å²) in [5.74, 6) is 0. The number of benzene rings is 1. The van der Waals surface area contributed by atoms with E-state index in [1.165, 1.54) is 0 Å². The smallest absolute Gasteiger partial charge is 0.0408 e. The number of hydrogen-bond donors (Lipinski definition) is 0. The van der Waals surface area contributed by atoms with Crippen molar-refractivity contribution in [2.45, 2.75) is 6.92 Å². The Kier molecular flexibility index (Phi) is 4.16. The number of hydrogen-bond acceptors (Lipinski definition) is 0. The molecule has 49 valence electrons. The van der Waals surface area contributed by atoms with E-state index < -0.39 is 0 Å². The Hall–Kier alpha value is 0.133. The van der Waals surface area contributed by atoms with E-state index in [0.717, 1.165) is 16.1 Å². The Morgan fingerprint density at radius 3 is 2.40 bits per heavy atom. The summed E-state index contributed by atoms with van der Waals surface area (Å²) in [4.78, 5) is 0. The van der Waals surface area contributed by atoms with Crippen LogP contribution in [0.15, 0.2) is 18.2 Å². The average Bonchev–Trinajstić information content (AvgIpc) is 1.80. The first-order chi connectivity index (χ1) is 4.20. The molecule has 0 unspecified atom stereocenters. The molecule has 1 rings (SSSR count). The minimum atomic E-state index is 0. The Morgan fingerprint density at radius 2 is 2.00 bits per heavy atom. The first kappa shape index (κ1) is 10.1. The van der Waals surface area contributed by atoms with E-state index in [2.05, 4.69) is 6.92 Å². The second kappa shape index (κ2) is 4.10. The van der Waals surface area contributed by atoms with Crippen molar-refractivity contribution in [1.29, 1.82) is 0 Å². The molecule has 0 saturated heterocycles. The molecule has 1 aromatic carbocycles.